The first-order valence-electron chi connectivity index (χ1n) is 5.62. The molecule has 0 aliphatic carbocycles. The molecule has 0 saturated heterocycles. The van der Waals surface area contributed by atoms with Gasteiger partial charge in [-0.2, -0.15) is 0 Å². The predicted molar refractivity (Wildman–Crippen MR) is 64.1 cm³/mol. The zero-order valence-electron chi connectivity index (χ0n) is 10.9. The van der Waals surface area contributed by atoms with Crippen LogP contribution >= 0.6 is 0 Å². The molecule has 1 amide bonds. The minimum Gasteiger partial charge on any atom is -0.281 e. The van der Waals surface area contributed by atoms with Crippen LogP contribution in [-0.2, 0) is 4.79 Å². The fraction of sp³-hybridized carbons (Fsp3) is 0.833. The van der Waals surface area contributed by atoms with E-state index in [4.69, 9.17) is 0 Å². The Morgan fingerprint density at radius 1 is 1.33 bits per heavy atom. The van der Waals surface area contributed by atoms with Gasteiger partial charge in [0.15, 0.2) is 5.54 Å². The Morgan fingerprint density at radius 2 is 1.87 bits per heavy atom. The van der Waals surface area contributed by atoms with Crippen LogP contribution in [0.2, 0.25) is 0 Å². The molecule has 0 bridgehead atoms. The van der Waals surface area contributed by atoms with Gasteiger partial charge in [-0.1, -0.05) is 20.8 Å². The molecule has 0 aliphatic heterocycles. The van der Waals surface area contributed by atoms with Crippen LogP contribution in [0.1, 0.15) is 48.0 Å². The third-order valence-electron chi connectivity index (χ3n) is 2.85. The van der Waals surface area contributed by atoms with Gasteiger partial charge >= 0.3 is 5.91 Å². The maximum Gasteiger partial charge on any atom is 0.337 e. The van der Waals surface area contributed by atoms with E-state index in [0.29, 0.717) is 0 Å². The molecule has 0 unspecified atom stereocenters. The van der Waals surface area contributed by atoms with E-state index in [-0.39, 0.29) is 11.3 Å². The van der Waals surface area contributed by atoms with Crippen molar-refractivity contribution in [2.75, 3.05) is 6.54 Å². The van der Waals surface area contributed by atoms with Crippen LogP contribution in [0.3, 0.4) is 0 Å². The number of quaternary nitrogens is 1. The number of aliphatic imine (C=N–C) groups is 1. The minimum atomic E-state index is -0.599. The summed E-state index contributed by atoms with van der Waals surface area (Å²) in [6.45, 7) is 12.9. The van der Waals surface area contributed by atoms with Crippen molar-refractivity contribution < 1.29 is 10.1 Å². The van der Waals surface area contributed by atoms with Crippen molar-refractivity contribution in [2.45, 2.75) is 53.5 Å². The van der Waals surface area contributed by atoms with Gasteiger partial charge in [0.05, 0.1) is 6.54 Å². The number of hydrogen-bond acceptors (Lipinski definition) is 2. The van der Waals surface area contributed by atoms with Crippen molar-refractivity contribution in [1.29, 1.82) is 0 Å². The molecule has 0 saturated carbocycles. The van der Waals surface area contributed by atoms with Crippen molar-refractivity contribution in [2.24, 2.45) is 10.4 Å². The van der Waals surface area contributed by atoms with Gasteiger partial charge in [0, 0.05) is 5.41 Å². The predicted octanol–water partition coefficient (Wildman–Crippen LogP) is 1.38. The number of hydrogen-bond donors (Lipinski definition) is 1. The first-order valence-corrected chi connectivity index (χ1v) is 5.62. The quantitative estimate of drug-likeness (QED) is 0.689. The van der Waals surface area contributed by atoms with Gasteiger partial charge in [-0.3, -0.25) is 10.3 Å². The summed E-state index contributed by atoms with van der Waals surface area (Å²) in [5, 5.41) is 1.79. The van der Waals surface area contributed by atoms with Crippen LogP contribution < -0.4 is 5.32 Å². The smallest absolute Gasteiger partial charge is 0.281 e. The second-order valence-corrected chi connectivity index (χ2v) is 5.24. The number of carbonyl (C=O) groups is 1. The van der Waals surface area contributed by atoms with Crippen molar-refractivity contribution in [3.63, 3.8) is 0 Å². The molecular weight excluding hydrogens is 188 g/mol. The van der Waals surface area contributed by atoms with E-state index in [2.05, 4.69) is 25.8 Å². The zero-order chi connectivity index (χ0) is 12.1. The summed E-state index contributed by atoms with van der Waals surface area (Å²) in [6, 6.07) is 0. The fourth-order valence-corrected chi connectivity index (χ4v) is 1.15. The molecule has 0 atom stereocenters. The van der Waals surface area contributed by atoms with Gasteiger partial charge in [0.25, 0.3) is 0 Å². The van der Waals surface area contributed by atoms with Crippen LogP contribution in [0.4, 0.5) is 0 Å². The van der Waals surface area contributed by atoms with E-state index in [1.54, 1.807) is 11.5 Å². The van der Waals surface area contributed by atoms with Crippen molar-refractivity contribution in [1.82, 2.24) is 0 Å². The molecule has 3 heteroatoms. The first kappa shape index (κ1) is 14.3. The lowest BCUT2D eigenvalue weighted by molar-refractivity contribution is -0.584. The molecule has 0 aromatic rings. The van der Waals surface area contributed by atoms with Crippen LogP contribution in [0.15, 0.2) is 4.99 Å². The zero-order valence-corrected chi connectivity index (χ0v) is 10.9. The SMILES string of the molecule is CC=NC(C)(C)C(=O)[NH2+]CC(C)(C)CC. The molecule has 2 N–H and O–H groups in total. The molecule has 0 aromatic heterocycles. The summed E-state index contributed by atoms with van der Waals surface area (Å²) in [4.78, 5) is 16.0. The Morgan fingerprint density at radius 3 is 2.27 bits per heavy atom. The molecule has 0 radical (unpaired) electrons. The maximum absolute atomic E-state index is 11.8. The standard InChI is InChI=1S/C12H24N2O/c1-7-11(3,4)9-13-10(15)12(5,6)14-8-2/h8H,7,9H2,1-6H3,(H,13,15)/p+1. The Balaban J connectivity index is 4.27. The molecule has 0 spiro atoms. The van der Waals surface area contributed by atoms with Crippen LogP contribution in [0.5, 0.6) is 0 Å². The Hall–Kier alpha value is -0.700. The number of nitrogens with two attached hydrogens (primary N) is 1. The monoisotopic (exact) mass is 213 g/mol. The van der Waals surface area contributed by atoms with Gasteiger partial charge in [-0.25, -0.2) is 4.79 Å². The Kier molecular flexibility index (Phi) is 5.15. The summed E-state index contributed by atoms with van der Waals surface area (Å²) in [6.07, 6.45) is 2.77. The second-order valence-electron chi connectivity index (χ2n) is 5.24. The van der Waals surface area contributed by atoms with Gasteiger partial charge in [-0.05, 0) is 33.4 Å². The van der Waals surface area contributed by atoms with Gasteiger partial charge in [0.2, 0.25) is 0 Å². The lowest BCUT2D eigenvalue weighted by Gasteiger charge is -2.22. The molecule has 3 nitrogen and oxygen atoms in total. The summed E-state index contributed by atoms with van der Waals surface area (Å²) < 4.78 is 0. The number of amides is 1. The van der Waals surface area contributed by atoms with Gasteiger partial charge in [-0.15, -0.1) is 0 Å². The van der Waals surface area contributed by atoms with Crippen LogP contribution in [-0.4, -0.2) is 24.2 Å². The third kappa shape index (κ3) is 5.07. The molecule has 0 aliphatic rings. The van der Waals surface area contributed by atoms with Crippen molar-refractivity contribution >= 4 is 12.1 Å². The molecule has 0 rings (SSSR count). The fourth-order valence-electron chi connectivity index (χ4n) is 1.15. The summed E-state index contributed by atoms with van der Waals surface area (Å²) in [5.41, 5.74) is -0.389. The van der Waals surface area contributed by atoms with E-state index in [9.17, 15) is 4.79 Å². The average molecular weight is 213 g/mol. The molecule has 15 heavy (non-hydrogen) atoms. The highest BCUT2D eigenvalue weighted by Gasteiger charge is 2.31. The van der Waals surface area contributed by atoms with Crippen molar-refractivity contribution in [3.05, 3.63) is 0 Å². The molecule has 88 valence electrons. The molecule has 0 heterocycles. The number of primary amides is 1. The highest BCUT2D eigenvalue weighted by molar-refractivity contribution is 5.78. The number of rotatable bonds is 5. The van der Waals surface area contributed by atoms with E-state index >= 15 is 0 Å². The van der Waals surface area contributed by atoms with E-state index in [0.717, 1.165) is 13.0 Å². The Bertz CT molecular complexity index is 242. The lowest BCUT2D eigenvalue weighted by Crippen LogP contribution is -2.93. The normalized spacial score (nSPS) is 13.5. The first-order chi connectivity index (χ1) is 6.75. The summed E-state index contributed by atoms with van der Waals surface area (Å²) in [7, 11) is 0. The second kappa shape index (κ2) is 5.40. The lowest BCUT2D eigenvalue weighted by atomic mass is 9.90. The molecular formula is C12H25N2O+. The van der Waals surface area contributed by atoms with Crippen LogP contribution in [0.25, 0.3) is 0 Å². The molecule has 0 fully saturated rings. The highest BCUT2D eigenvalue weighted by atomic mass is 16.2. The highest BCUT2D eigenvalue weighted by Crippen LogP contribution is 2.16. The Labute approximate surface area is 93.4 Å². The van der Waals surface area contributed by atoms with Gasteiger partial charge < -0.3 is 0 Å². The maximum atomic E-state index is 11.8. The van der Waals surface area contributed by atoms with E-state index in [1.807, 2.05) is 20.8 Å². The number of carbonyl (C=O) groups excluding carboxylic acids is 1. The third-order valence-corrected chi connectivity index (χ3v) is 2.85. The van der Waals surface area contributed by atoms with Crippen molar-refractivity contribution in [3.8, 4) is 0 Å². The van der Waals surface area contributed by atoms with E-state index < -0.39 is 5.54 Å². The van der Waals surface area contributed by atoms with E-state index in [1.165, 1.54) is 0 Å². The summed E-state index contributed by atoms with van der Waals surface area (Å²) in [5.74, 6) is 0.113. The van der Waals surface area contributed by atoms with Gasteiger partial charge in [0.1, 0.15) is 0 Å². The topological polar surface area (TPSA) is 46.0 Å². The number of nitrogens with zero attached hydrogens (tertiary/aromatic N) is 1. The largest absolute Gasteiger partial charge is 0.337 e. The summed E-state index contributed by atoms with van der Waals surface area (Å²) >= 11 is 0. The average Bonchev–Trinajstić information content (AvgIpc) is 2.14. The van der Waals surface area contributed by atoms with Crippen LogP contribution in [0, 0.1) is 5.41 Å². The molecule has 0 aromatic carbocycles. The minimum absolute atomic E-state index is 0.113.